The Morgan fingerprint density at radius 2 is 1.77 bits per heavy atom. The summed E-state index contributed by atoms with van der Waals surface area (Å²) in [6.07, 6.45) is 5.12. The molecule has 3 aromatic rings. The fourth-order valence-electron chi connectivity index (χ4n) is 2.40. The van der Waals surface area contributed by atoms with Crippen LogP contribution in [0, 0.1) is 0 Å². The van der Waals surface area contributed by atoms with Crippen molar-refractivity contribution < 1.29 is 10.2 Å². The van der Waals surface area contributed by atoms with E-state index >= 15 is 0 Å². The van der Waals surface area contributed by atoms with E-state index in [1.165, 1.54) is 10.1 Å². The molecule has 0 amide bonds. The molecule has 0 saturated carbocycles. The van der Waals surface area contributed by atoms with Gasteiger partial charge in [0.2, 0.25) is 5.88 Å². The number of hydrogen-bond donors (Lipinski definition) is 2. The van der Waals surface area contributed by atoms with Crippen molar-refractivity contribution >= 4 is 0 Å². The van der Waals surface area contributed by atoms with E-state index in [0.29, 0.717) is 11.3 Å². The summed E-state index contributed by atoms with van der Waals surface area (Å²) >= 11 is 0. The first kappa shape index (κ1) is 14.1. The smallest absolute Gasteiger partial charge is 0.235 e. The van der Waals surface area contributed by atoms with Gasteiger partial charge in [0.15, 0.2) is 5.75 Å². The molecule has 2 heterocycles. The molecule has 0 fully saturated rings. The fourth-order valence-corrected chi connectivity index (χ4v) is 2.40. The van der Waals surface area contributed by atoms with Gasteiger partial charge >= 0.3 is 0 Å². The highest BCUT2D eigenvalue weighted by Crippen LogP contribution is 2.36. The minimum Gasteiger partial charge on any atom is -0.503 e. The van der Waals surface area contributed by atoms with Crippen molar-refractivity contribution in [3.8, 4) is 22.9 Å². The van der Waals surface area contributed by atoms with Crippen LogP contribution in [-0.2, 0) is 19.9 Å². The van der Waals surface area contributed by atoms with Crippen LogP contribution in [0.25, 0.3) is 11.3 Å². The summed E-state index contributed by atoms with van der Waals surface area (Å²) in [6, 6.07) is 12.1. The predicted octanol–water partition coefficient (Wildman–Crippen LogP) is 2.68. The van der Waals surface area contributed by atoms with Crippen LogP contribution in [0.5, 0.6) is 11.6 Å². The number of aromatic hydroxyl groups is 2. The first-order chi connectivity index (χ1) is 10.6. The Balaban J connectivity index is 1.82. The SMILES string of the molecule is Cn1cc(-c2cc(CCc3ccccc3)cnn2)c(O)c1O. The van der Waals surface area contributed by atoms with Crippen molar-refractivity contribution in [1.82, 2.24) is 14.8 Å². The van der Waals surface area contributed by atoms with Gasteiger partial charge in [-0.1, -0.05) is 30.3 Å². The Bertz CT molecular complexity index is 782. The van der Waals surface area contributed by atoms with E-state index < -0.39 is 0 Å². The molecule has 1 aromatic carbocycles. The number of benzene rings is 1. The van der Waals surface area contributed by atoms with E-state index in [-0.39, 0.29) is 11.6 Å². The largest absolute Gasteiger partial charge is 0.503 e. The van der Waals surface area contributed by atoms with E-state index in [1.54, 1.807) is 19.4 Å². The molecule has 0 radical (unpaired) electrons. The van der Waals surface area contributed by atoms with Crippen molar-refractivity contribution in [3.05, 3.63) is 59.9 Å². The third-order valence-electron chi connectivity index (χ3n) is 3.66. The number of aromatic nitrogens is 3. The Labute approximate surface area is 128 Å². The summed E-state index contributed by atoms with van der Waals surface area (Å²) in [7, 11) is 1.66. The van der Waals surface area contributed by atoms with Gasteiger partial charge in [-0.2, -0.15) is 10.2 Å². The summed E-state index contributed by atoms with van der Waals surface area (Å²) in [5, 5.41) is 27.7. The van der Waals surface area contributed by atoms with Crippen molar-refractivity contribution in [2.75, 3.05) is 0 Å². The lowest BCUT2D eigenvalue weighted by Gasteiger charge is -2.03. The molecule has 2 aromatic heterocycles. The van der Waals surface area contributed by atoms with Crippen molar-refractivity contribution in [1.29, 1.82) is 0 Å². The van der Waals surface area contributed by atoms with Gasteiger partial charge in [0, 0.05) is 13.2 Å². The van der Waals surface area contributed by atoms with E-state index in [1.807, 2.05) is 24.3 Å². The highest BCUT2D eigenvalue weighted by molar-refractivity contribution is 5.69. The summed E-state index contributed by atoms with van der Waals surface area (Å²) in [6.45, 7) is 0. The maximum absolute atomic E-state index is 9.93. The molecule has 0 bridgehead atoms. The summed E-state index contributed by atoms with van der Waals surface area (Å²) in [5.41, 5.74) is 3.34. The van der Waals surface area contributed by atoms with Gasteiger partial charge in [-0.3, -0.25) is 0 Å². The zero-order chi connectivity index (χ0) is 15.5. The summed E-state index contributed by atoms with van der Waals surface area (Å²) < 4.78 is 1.45. The Hall–Kier alpha value is -2.82. The second kappa shape index (κ2) is 5.89. The van der Waals surface area contributed by atoms with Gasteiger partial charge in [-0.05, 0) is 30.0 Å². The molecule has 5 heteroatoms. The van der Waals surface area contributed by atoms with Crippen LogP contribution in [0.15, 0.2) is 48.8 Å². The van der Waals surface area contributed by atoms with Crippen molar-refractivity contribution in [3.63, 3.8) is 0 Å². The topological polar surface area (TPSA) is 71.2 Å². The molecular formula is C17H17N3O2. The second-order valence-corrected chi connectivity index (χ2v) is 5.26. The highest BCUT2D eigenvalue weighted by Gasteiger charge is 2.15. The molecule has 112 valence electrons. The van der Waals surface area contributed by atoms with Gasteiger partial charge in [-0.15, -0.1) is 0 Å². The fraction of sp³-hybridized carbons (Fsp3) is 0.176. The molecule has 5 nitrogen and oxygen atoms in total. The summed E-state index contributed by atoms with van der Waals surface area (Å²) in [4.78, 5) is 0. The molecule has 0 unspecified atom stereocenters. The highest BCUT2D eigenvalue weighted by atomic mass is 16.3. The Morgan fingerprint density at radius 3 is 2.45 bits per heavy atom. The number of nitrogens with zero attached hydrogens (tertiary/aromatic N) is 3. The zero-order valence-corrected chi connectivity index (χ0v) is 12.3. The molecule has 0 aliphatic carbocycles. The standard InChI is InChI=1S/C17H17N3O2/c1-20-11-14(16(21)17(20)22)15-9-13(10-18-19-15)8-7-12-5-3-2-4-6-12/h2-6,9-11,21-22H,7-8H2,1H3. The molecule has 0 atom stereocenters. The second-order valence-electron chi connectivity index (χ2n) is 5.26. The first-order valence-electron chi connectivity index (χ1n) is 7.08. The van der Waals surface area contributed by atoms with Crippen LogP contribution >= 0.6 is 0 Å². The molecule has 0 aliphatic rings. The molecule has 3 rings (SSSR count). The van der Waals surface area contributed by atoms with E-state index in [4.69, 9.17) is 0 Å². The Morgan fingerprint density at radius 1 is 1.05 bits per heavy atom. The van der Waals surface area contributed by atoms with Crippen LogP contribution in [0.3, 0.4) is 0 Å². The van der Waals surface area contributed by atoms with Crippen LogP contribution in [0.4, 0.5) is 0 Å². The molecule has 22 heavy (non-hydrogen) atoms. The molecular weight excluding hydrogens is 278 g/mol. The quantitative estimate of drug-likeness (QED) is 0.776. The minimum atomic E-state index is -0.175. The predicted molar refractivity (Wildman–Crippen MR) is 83.6 cm³/mol. The average molecular weight is 295 g/mol. The number of rotatable bonds is 4. The third kappa shape index (κ3) is 2.79. The minimum absolute atomic E-state index is 0.169. The molecule has 0 aliphatic heterocycles. The monoisotopic (exact) mass is 295 g/mol. The lowest BCUT2D eigenvalue weighted by Crippen LogP contribution is -1.95. The normalized spacial score (nSPS) is 10.8. The molecule has 0 saturated heterocycles. The molecule has 0 spiro atoms. The lowest BCUT2D eigenvalue weighted by atomic mass is 10.0. The van der Waals surface area contributed by atoms with Crippen molar-refractivity contribution in [2.45, 2.75) is 12.8 Å². The summed E-state index contributed by atoms with van der Waals surface area (Å²) in [5.74, 6) is -0.344. The average Bonchev–Trinajstić information content (AvgIpc) is 2.82. The van der Waals surface area contributed by atoms with Gasteiger partial charge in [0.25, 0.3) is 0 Å². The van der Waals surface area contributed by atoms with Crippen molar-refractivity contribution in [2.24, 2.45) is 7.05 Å². The van der Waals surface area contributed by atoms with Crippen LogP contribution in [0.2, 0.25) is 0 Å². The van der Waals surface area contributed by atoms with E-state index in [9.17, 15) is 10.2 Å². The van der Waals surface area contributed by atoms with Gasteiger partial charge in [0.05, 0.1) is 17.5 Å². The van der Waals surface area contributed by atoms with Gasteiger partial charge in [0.1, 0.15) is 0 Å². The van der Waals surface area contributed by atoms with E-state index in [2.05, 4.69) is 22.3 Å². The maximum Gasteiger partial charge on any atom is 0.235 e. The third-order valence-corrected chi connectivity index (χ3v) is 3.66. The molecule has 2 N–H and O–H groups in total. The number of aryl methyl sites for hydroxylation is 3. The van der Waals surface area contributed by atoms with Gasteiger partial charge < -0.3 is 14.8 Å². The van der Waals surface area contributed by atoms with Gasteiger partial charge in [-0.25, -0.2) is 0 Å². The van der Waals surface area contributed by atoms with E-state index in [0.717, 1.165) is 18.4 Å². The maximum atomic E-state index is 9.93. The van der Waals surface area contributed by atoms with Crippen LogP contribution in [-0.4, -0.2) is 25.0 Å². The Kier molecular flexibility index (Phi) is 3.78. The lowest BCUT2D eigenvalue weighted by molar-refractivity contribution is 0.381. The zero-order valence-electron chi connectivity index (χ0n) is 12.3. The number of hydrogen-bond acceptors (Lipinski definition) is 4. The van der Waals surface area contributed by atoms with Crippen LogP contribution in [0.1, 0.15) is 11.1 Å². The van der Waals surface area contributed by atoms with Crippen LogP contribution < -0.4 is 0 Å². The first-order valence-corrected chi connectivity index (χ1v) is 7.08.